The molecule has 0 N–H and O–H groups in total. The van der Waals surface area contributed by atoms with Gasteiger partial charge in [-0.15, -0.1) is 10.2 Å². The van der Waals surface area contributed by atoms with E-state index in [-0.39, 0.29) is 0 Å². The van der Waals surface area contributed by atoms with E-state index < -0.39 is 11.2 Å². The Balaban J connectivity index is 2.17. The molecule has 1 aromatic rings. The molecule has 0 spiro atoms. The molecular formula is C13H20N3O2S-. The molecule has 0 amide bonds. The monoisotopic (exact) mass is 282 g/mol. The van der Waals surface area contributed by atoms with Gasteiger partial charge in [-0.2, -0.15) is 0 Å². The first-order valence-electron chi connectivity index (χ1n) is 6.94. The third-order valence-corrected chi connectivity index (χ3v) is 4.70. The van der Waals surface area contributed by atoms with Gasteiger partial charge in [0.25, 0.3) is 0 Å². The van der Waals surface area contributed by atoms with Crippen LogP contribution >= 0.6 is 11.8 Å². The molecule has 2 rings (SSSR count). The summed E-state index contributed by atoms with van der Waals surface area (Å²) in [6, 6.07) is 0. The largest absolute Gasteiger partial charge is 0.549 e. The number of nitrogens with zero attached hydrogens (tertiary/aromatic N) is 3. The molecule has 5 nitrogen and oxygen atoms in total. The molecule has 0 unspecified atom stereocenters. The number of carbonyl (C=O) groups excluding carboxylic acids is 1. The summed E-state index contributed by atoms with van der Waals surface area (Å²) in [6.07, 6.45) is 6.14. The number of aromatic nitrogens is 3. The van der Waals surface area contributed by atoms with Gasteiger partial charge in [-0.25, -0.2) is 0 Å². The van der Waals surface area contributed by atoms with Crippen LogP contribution in [0.3, 0.4) is 0 Å². The van der Waals surface area contributed by atoms with Gasteiger partial charge in [0.15, 0.2) is 5.16 Å². The van der Waals surface area contributed by atoms with Crippen LogP contribution in [0.15, 0.2) is 5.16 Å². The highest BCUT2D eigenvalue weighted by Crippen LogP contribution is 2.33. The molecule has 6 heteroatoms. The van der Waals surface area contributed by atoms with Crippen LogP contribution in [0, 0.1) is 0 Å². The van der Waals surface area contributed by atoms with Gasteiger partial charge in [0.1, 0.15) is 5.82 Å². The van der Waals surface area contributed by atoms with Crippen LogP contribution in [0.5, 0.6) is 0 Å². The Kier molecular flexibility index (Phi) is 4.85. The van der Waals surface area contributed by atoms with E-state index in [1.54, 1.807) is 6.92 Å². The van der Waals surface area contributed by atoms with Gasteiger partial charge in [-0.3, -0.25) is 0 Å². The summed E-state index contributed by atoms with van der Waals surface area (Å²) in [6.45, 7) is 4.44. The highest BCUT2D eigenvalue weighted by atomic mass is 32.2. The standard InChI is InChI=1S/C13H21N3O2S/c1-3-16-11(10-7-5-4-6-8-10)14-15-13(16)19-9(2)12(17)18/h9-10H,3-8H2,1-2H3,(H,17,18)/p-1/t9-/m0/s1. The van der Waals surface area contributed by atoms with Crippen LogP contribution in [0.1, 0.15) is 57.7 Å². The summed E-state index contributed by atoms with van der Waals surface area (Å²) in [7, 11) is 0. The van der Waals surface area contributed by atoms with Crippen molar-refractivity contribution < 1.29 is 9.90 Å². The Bertz CT molecular complexity index is 441. The molecule has 19 heavy (non-hydrogen) atoms. The number of carbonyl (C=O) groups is 1. The lowest BCUT2D eigenvalue weighted by Crippen LogP contribution is -2.31. The number of carboxylic acids is 1. The van der Waals surface area contributed by atoms with E-state index in [1.165, 1.54) is 43.9 Å². The maximum absolute atomic E-state index is 10.8. The van der Waals surface area contributed by atoms with Crippen molar-refractivity contribution in [1.29, 1.82) is 0 Å². The van der Waals surface area contributed by atoms with Crippen molar-refractivity contribution in [2.75, 3.05) is 0 Å². The summed E-state index contributed by atoms with van der Waals surface area (Å²) < 4.78 is 2.06. The predicted molar refractivity (Wildman–Crippen MR) is 71.8 cm³/mol. The SMILES string of the molecule is CCn1c(S[C@@H](C)C(=O)[O-])nnc1C1CCCCC1. The number of thioether (sulfide) groups is 1. The van der Waals surface area contributed by atoms with Crippen LogP contribution in [0.25, 0.3) is 0 Å². The Morgan fingerprint density at radius 2 is 2.11 bits per heavy atom. The number of hydrogen-bond acceptors (Lipinski definition) is 5. The van der Waals surface area contributed by atoms with Gasteiger partial charge >= 0.3 is 0 Å². The van der Waals surface area contributed by atoms with E-state index in [0.717, 1.165) is 12.4 Å². The van der Waals surface area contributed by atoms with Crippen molar-refractivity contribution in [2.45, 2.75) is 68.8 Å². The molecule has 0 bridgehead atoms. The van der Waals surface area contributed by atoms with Crippen molar-refractivity contribution in [1.82, 2.24) is 14.8 Å². The zero-order valence-corrected chi connectivity index (χ0v) is 12.3. The molecule has 1 aliphatic rings. The Morgan fingerprint density at radius 1 is 1.42 bits per heavy atom. The van der Waals surface area contributed by atoms with Crippen LogP contribution < -0.4 is 5.11 Å². The first-order chi connectivity index (χ1) is 9.13. The van der Waals surface area contributed by atoms with E-state index in [1.807, 2.05) is 6.92 Å². The average Bonchev–Trinajstić information content (AvgIpc) is 2.82. The Hall–Kier alpha value is -1.04. The van der Waals surface area contributed by atoms with Crippen LogP contribution in [-0.4, -0.2) is 26.0 Å². The average molecular weight is 282 g/mol. The fraction of sp³-hybridized carbons (Fsp3) is 0.769. The number of aliphatic carboxylic acids is 1. The lowest BCUT2D eigenvalue weighted by Gasteiger charge is -2.21. The highest BCUT2D eigenvalue weighted by Gasteiger charge is 2.23. The minimum Gasteiger partial charge on any atom is -0.549 e. The minimum absolute atomic E-state index is 0.480. The third-order valence-electron chi connectivity index (χ3n) is 3.65. The quantitative estimate of drug-likeness (QED) is 0.767. The molecule has 1 heterocycles. The molecule has 1 fully saturated rings. The van der Waals surface area contributed by atoms with E-state index in [4.69, 9.17) is 0 Å². The van der Waals surface area contributed by atoms with Crippen LogP contribution in [0.4, 0.5) is 0 Å². The van der Waals surface area contributed by atoms with Gasteiger partial charge < -0.3 is 14.5 Å². The van der Waals surface area contributed by atoms with E-state index in [9.17, 15) is 9.90 Å². The molecule has 1 aromatic heterocycles. The number of rotatable bonds is 5. The van der Waals surface area contributed by atoms with Crippen molar-refractivity contribution in [3.05, 3.63) is 5.82 Å². The predicted octanol–water partition coefficient (Wildman–Crippen LogP) is 1.58. The van der Waals surface area contributed by atoms with Gasteiger partial charge in [0.05, 0.1) is 5.97 Å². The second kappa shape index (κ2) is 6.41. The maximum atomic E-state index is 10.8. The smallest absolute Gasteiger partial charge is 0.191 e. The third kappa shape index (κ3) is 3.29. The number of hydrogen-bond donors (Lipinski definition) is 0. The fourth-order valence-electron chi connectivity index (χ4n) is 2.55. The molecule has 1 saturated carbocycles. The Labute approximate surface area is 117 Å². The molecule has 0 aliphatic heterocycles. The molecule has 0 aromatic carbocycles. The van der Waals surface area contributed by atoms with Crippen molar-refractivity contribution >= 4 is 17.7 Å². The molecule has 1 aliphatic carbocycles. The first-order valence-corrected chi connectivity index (χ1v) is 7.82. The summed E-state index contributed by atoms with van der Waals surface area (Å²) in [4.78, 5) is 10.8. The van der Waals surface area contributed by atoms with E-state index in [2.05, 4.69) is 14.8 Å². The molecule has 106 valence electrons. The van der Waals surface area contributed by atoms with Crippen molar-refractivity contribution in [2.24, 2.45) is 0 Å². The normalized spacial score (nSPS) is 18.4. The van der Waals surface area contributed by atoms with E-state index >= 15 is 0 Å². The molecular weight excluding hydrogens is 262 g/mol. The summed E-state index contributed by atoms with van der Waals surface area (Å²) in [5.74, 6) is 0.443. The van der Waals surface area contributed by atoms with Crippen LogP contribution in [-0.2, 0) is 11.3 Å². The van der Waals surface area contributed by atoms with Crippen molar-refractivity contribution in [3.8, 4) is 0 Å². The van der Waals surface area contributed by atoms with Crippen molar-refractivity contribution in [3.63, 3.8) is 0 Å². The fourth-order valence-corrected chi connectivity index (χ4v) is 3.40. The summed E-state index contributed by atoms with van der Waals surface area (Å²) in [5, 5.41) is 19.4. The van der Waals surface area contributed by atoms with E-state index in [0.29, 0.717) is 11.1 Å². The second-order valence-corrected chi connectivity index (χ2v) is 6.31. The maximum Gasteiger partial charge on any atom is 0.191 e. The second-order valence-electron chi connectivity index (χ2n) is 5.00. The lowest BCUT2D eigenvalue weighted by molar-refractivity contribution is -0.304. The topological polar surface area (TPSA) is 70.8 Å². The zero-order valence-electron chi connectivity index (χ0n) is 11.5. The molecule has 0 saturated heterocycles. The Morgan fingerprint density at radius 3 is 2.68 bits per heavy atom. The van der Waals surface area contributed by atoms with Crippen LogP contribution in [0.2, 0.25) is 0 Å². The van der Waals surface area contributed by atoms with Gasteiger partial charge in [-0.05, 0) is 26.7 Å². The van der Waals surface area contributed by atoms with Gasteiger partial charge in [-0.1, -0.05) is 31.0 Å². The summed E-state index contributed by atoms with van der Waals surface area (Å²) >= 11 is 1.22. The molecule has 0 radical (unpaired) electrons. The number of carboxylic acid groups (broad SMARTS) is 1. The highest BCUT2D eigenvalue weighted by molar-refractivity contribution is 8.00. The van der Waals surface area contributed by atoms with Gasteiger partial charge in [0.2, 0.25) is 0 Å². The lowest BCUT2D eigenvalue weighted by atomic mass is 9.89. The zero-order chi connectivity index (χ0) is 13.8. The van der Waals surface area contributed by atoms with Gasteiger partial charge in [0, 0.05) is 17.7 Å². The minimum atomic E-state index is -1.06. The summed E-state index contributed by atoms with van der Waals surface area (Å²) in [5.41, 5.74) is 0. The molecule has 1 atom stereocenters. The first kappa shape index (κ1) is 14.4.